The highest BCUT2D eigenvalue weighted by molar-refractivity contribution is 6.03. The molecule has 0 fully saturated rings. The van der Waals surface area contributed by atoms with Crippen LogP contribution in [-0.4, -0.2) is 22.6 Å². The van der Waals surface area contributed by atoms with Crippen molar-refractivity contribution in [1.82, 2.24) is 4.98 Å². The summed E-state index contributed by atoms with van der Waals surface area (Å²) in [6.07, 6.45) is 0. The summed E-state index contributed by atoms with van der Waals surface area (Å²) in [6.45, 7) is 2.19. The average molecular weight is 240 g/mol. The van der Waals surface area contributed by atoms with Crippen molar-refractivity contribution < 1.29 is 9.90 Å². The highest BCUT2D eigenvalue weighted by Gasteiger charge is 2.10. The Morgan fingerprint density at radius 1 is 1.44 bits per heavy atom. The van der Waals surface area contributed by atoms with Crippen molar-refractivity contribution in [3.05, 3.63) is 35.9 Å². The second-order valence-corrected chi connectivity index (χ2v) is 3.66. The fourth-order valence-electron chi connectivity index (χ4n) is 1.67. The van der Waals surface area contributed by atoms with Crippen LogP contribution in [0.25, 0.3) is 10.9 Å². The van der Waals surface area contributed by atoms with Crippen molar-refractivity contribution in [2.75, 3.05) is 11.9 Å². The van der Waals surface area contributed by atoms with Crippen molar-refractivity contribution in [3.63, 3.8) is 0 Å². The molecule has 0 saturated carbocycles. The van der Waals surface area contributed by atoms with E-state index in [9.17, 15) is 9.90 Å². The number of para-hydroxylation sites is 1. The van der Waals surface area contributed by atoms with Gasteiger partial charge >= 0.3 is 5.97 Å². The molecule has 0 bridgehead atoms. The SMILES string of the molecule is CC#CCNc1cc(C(=O)O)c2ccccc2n1. The van der Waals surface area contributed by atoms with E-state index in [0.717, 1.165) is 0 Å². The number of nitrogens with zero attached hydrogens (tertiary/aromatic N) is 1. The maximum Gasteiger partial charge on any atom is 0.336 e. The first-order chi connectivity index (χ1) is 8.72. The quantitative estimate of drug-likeness (QED) is 0.808. The Labute approximate surface area is 105 Å². The molecule has 0 amide bonds. The minimum Gasteiger partial charge on any atom is -0.478 e. The summed E-state index contributed by atoms with van der Waals surface area (Å²) in [7, 11) is 0. The zero-order chi connectivity index (χ0) is 13.0. The van der Waals surface area contributed by atoms with Crippen LogP contribution < -0.4 is 5.32 Å². The van der Waals surface area contributed by atoms with Crippen LogP contribution >= 0.6 is 0 Å². The molecule has 0 atom stereocenters. The Kier molecular flexibility index (Phi) is 3.44. The summed E-state index contributed by atoms with van der Waals surface area (Å²) in [5, 5.41) is 12.8. The lowest BCUT2D eigenvalue weighted by Crippen LogP contribution is -2.05. The first-order valence-corrected chi connectivity index (χ1v) is 5.49. The Hall–Kier alpha value is -2.54. The van der Waals surface area contributed by atoms with Gasteiger partial charge in [-0.15, -0.1) is 5.92 Å². The molecule has 1 heterocycles. The van der Waals surface area contributed by atoms with Gasteiger partial charge in [-0.2, -0.15) is 0 Å². The van der Waals surface area contributed by atoms with Gasteiger partial charge in [-0.05, 0) is 19.1 Å². The Bertz CT molecular complexity index is 654. The lowest BCUT2D eigenvalue weighted by Gasteiger charge is -2.06. The van der Waals surface area contributed by atoms with Gasteiger partial charge in [0.1, 0.15) is 5.82 Å². The van der Waals surface area contributed by atoms with Crippen LogP contribution in [0.15, 0.2) is 30.3 Å². The summed E-state index contributed by atoms with van der Waals surface area (Å²) in [4.78, 5) is 15.6. The molecule has 4 nitrogen and oxygen atoms in total. The van der Waals surface area contributed by atoms with Gasteiger partial charge in [-0.1, -0.05) is 24.1 Å². The number of benzene rings is 1. The van der Waals surface area contributed by atoms with Crippen LogP contribution in [-0.2, 0) is 0 Å². The summed E-state index contributed by atoms with van der Waals surface area (Å²) in [5.41, 5.74) is 0.900. The second-order valence-electron chi connectivity index (χ2n) is 3.66. The molecule has 1 aromatic heterocycles. The second kappa shape index (κ2) is 5.19. The van der Waals surface area contributed by atoms with Crippen LogP contribution in [0.2, 0.25) is 0 Å². The van der Waals surface area contributed by atoms with Crippen molar-refractivity contribution in [1.29, 1.82) is 0 Å². The maximum atomic E-state index is 11.2. The van der Waals surface area contributed by atoms with Gasteiger partial charge in [0.2, 0.25) is 0 Å². The summed E-state index contributed by atoms with van der Waals surface area (Å²) < 4.78 is 0. The molecule has 1 aromatic carbocycles. The van der Waals surface area contributed by atoms with Crippen molar-refractivity contribution in [2.45, 2.75) is 6.92 Å². The molecule has 0 saturated heterocycles. The van der Waals surface area contributed by atoms with Crippen molar-refractivity contribution >= 4 is 22.7 Å². The molecule has 90 valence electrons. The first kappa shape index (κ1) is 11.9. The number of carboxylic acid groups (broad SMARTS) is 1. The predicted molar refractivity (Wildman–Crippen MR) is 70.6 cm³/mol. The number of pyridine rings is 1. The number of aromatic nitrogens is 1. The number of hydrogen-bond donors (Lipinski definition) is 2. The fourth-order valence-corrected chi connectivity index (χ4v) is 1.67. The number of rotatable bonds is 3. The zero-order valence-electron chi connectivity index (χ0n) is 9.90. The van der Waals surface area contributed by atoms with E-state index in [1.54, 1.807) is 25.1 Å². The molecule has 0 aliphatic carbocycles. The Morgan fingerprint density at radius 3 is 2.94 bits per heavy atom. The van der Waals surface area contributed by atoms with E-state index in [-0.39, 0.29) is 5.56 Å². The minimum absolute atomic E-state index is 0.243. The normalized spacial score (nSPS) is 9.61. The third kappa shape index (κ3) is 2.41. The number of carbonyl (C=O) groups is 1. The van der Waals surface area contributed by atoms with E-state index in [1.165, 1.54) is 6.07 Å². The van der Waals surface area contributed by atoms with Crippen LogP contribution in [0.5, 0.6) is 0 Å². The van der Waals surface area contributed by atoms with Gasteiger partial charge in [0, 0.05) is 5.39 Å². The van der Waals surface area contributed by atoms with E-state index in [1.807, 2.05) is 6.07 Å². The highest BCUT2D eigenvalue weighted by Crippen LogP contribution is 2.20. The smallest absolute Gasteiger partial charge is 0.336 e. The molecule has 0 aliphatic rings. The summed E-state index contributed by atoms with van der Waals surface area (Å²) in [5.74, 6) is 5.16. The first-order valence-electron chi connectivity index (χ1n) is 5.49. The monoisotopic (exact) mass is 240 g/mol. The average Bonchev–Trinajstić information content (AvgIpc) is 2.38. The lowest BCUT2D eigenvalue weighted by molar-refractivity contribution is 0.0699. The summed E-state index contributed by atoms with van der Waals surface area (Å²) >= 11 is 0. The standard InChI is InChI=1S/C14H12N2O2/c1-2-3-8-15-13-9-11(14(17)18)10-6-4-5-7-12(10)16-13/h4-7,9H,8H2,1H3,(H,15,16)(H,17,18). The van der Waals surface area contributed by atoms with Crippen molar-refractivity contribution in [2.24, 2.45) is 0 Å². The van der Waals surface area contributed by atoms with E-state index in [0.29, 0.717) is 23.3 Å². The number of fused-ring (bicyclic) bond motifs is 1. The highest BCUT2D eigenvalue weighted by atomic mass is 16.4. The van der Waals surface area contributed by atoms with Crippen LogP contribution in [0.1, 0.15) is 17.3 Å². The fraction of sp³-hybridized carbons (Fsp3) is 0.143. The van der Waals surface area contributed by atoms with E-state index < -0.39 is 5.97 Å². The number of anilines is 1. The van der Waals surface area contributed by atoms with Crippen molar-refractivity contribution in [3.8, 4) is 11.8 Å². The predicted octanol–water partition coefficient (Wildman–Crippen LogP) is 2.37. The van der Waals surface area contributed by atoms with Gasteiger partial charge in [-0.3, -0.25) is 0 Å². The molecule has 0 aliphatic heterocycles. The Balaban J connectivity index is 2.49. The van der Waals surface area contributed by atoms with Gasteiger partial charge in [0.15, 0.2) is 0 Å². The zero-order valence-corrected chi connectivity index (χ0v) is 9.90. The molecule has 4 heteroatoms. The van der Waals surface area contributed by atoms with E-state index >= 15 is 0 Å². The van der Waals surface area contributed by atoms with E-state index in [4.69, 9.17) is 0 Å². The molecule has 2 rings (SSSR count). The molecule has 18 heavy (non-hydrogen) atoms. The molecular formula is C14H12N2O2. The minimum atomic E-state index is -0.960. The largest absolute Gasteiger partial charge is 0.478 e. The van der Waals surface area contributed by atoms with E-state index in [2.05, 4.69) is 22.1 Å². The lowest BCUT2D eigenvalue weighted by atomic mass is 10.1. The topological polar surface area (TPSA) is 62.2 Å². The van der Waals surface area contributed by atoms with Crippen LogP contribution in [0.3, 0.4) is 0 Å². The number of aromatic carboxylic acids is 1. The third-order valence-corrected chi connectivity index (χ3v) is 2.48. The van der Waals surface area contributed by atoms with Crippen LogP contribution in [0.4, 0.5) is 5.82 Å². The molecule has 2 aromatic rings. The van der Waals surface area contributed by atoms with Gasteiger partial charge in [-0.25, -0.2) is 9.78 Å². The third-order valence-electron chi connectivity index (χ3n) is 2.48. The van der Waals surface area contributed by atoms with Gasteiger partial charge in [0.25, 0.3) is 0 Å². The Morgan fingerprint density at radius 2 is 2.22 bits per heavy atom. The van der Waals surface area contributed by atoms with Crippen LogP contribution in [0, 0.1) is 11.8 Å². The van der Waals surface area contributed by atoms with Gasteiger partial charge in [0.05, 0.1) is 17.6 Å². The molecule has 2 N–H and O–H groups in total. The number of nitrogens with one attached hydrogen (secondary N) is 1. The molecule has 0 radical (unpaired) electrons. The molecule has 0 unspecified atom stereocenters. The van der Waals surface area contributed by atoms with Gasteiger partial charge < -0.3 is 10.4 Å². The summed E-state index contributed by atoms with van der Waals surface area (Å²) in [6, 6.07) is 8.70. The number of carboxylic acids is 1. The maximum absolute atomic E-state index is 11.2. The molecule has 0 spiro atoms. The molecular weight excluding hydrogens is 228 g/mol. The number of hydrogen-bond acceptors (Lipinski definition) is 3.